The molecule has 0 saturated carbocycles. The van der Waals surface area contributed by atoms with E-state index >= 15 is 0 Å². The number of amides is 1. The first kappa shape index (κ1) is 13.8. The van der Waals surface area contributed by atoms with Crippen LogP contribution >= 0.6 is 0 Å². The van der Waals surface area contributed by atoms with Crippen molar-refractivity contribution in [2.75, 3.05) is 45.9 Å². The van der Waals surface area contributed by atoms with E-state index in [0.717, 1.165) is 45.7 Å². The van der Waals surface area contributed by atoms with Gasteiger partial charge in [-0.1, -0.05) is 6.92 Å². The Hall–Kier alpha value is -0.650. The highest BCUT2D eigenvalue weighted by molar-refractivity contribution is 5.81. The third kappa shape index (κ3) is 3.22. The summed E-state index contributed by atoms with van der Waals surface area (Å²) in [5.74, 6) is 0.263. The van der Waals surface area contributed by atoms with Gasteiger partial charge in [-0.3, -0.25) is 9.69 Å². The summed E-state index contributed by atoms with van der Waals surface area (Å²) in [6.45, 7) is 10.2. The minimum atomic E-state index is 0.00251. The van der Waals surface area contributed by atoms with Gasteiger partial charge in [-0.2, -0.15) is 0 Å². The number of carbonyl (C=O) groups excluding carboxylic acids is 1. The maximum Gasteiger partial charge on any atom is 0.239 e. The molecule has 0 radical (unpaired) electrons. The summed E-state index contributed by atoms with van der Waals surface area (Å²) in [5.41, 5.74) is 0. The second-order valence-corrected chi connectivity index (χ2v) is 5.15. The van der Waals surface area contributed by atoms with Gasteiger partial charge in [0.25, 0.3) is 0 Å². The monoisotopic (exact) mass is 255 g/mol. The molecule has 2 aliphatic heterocycles. The van der Waals surface area contributed by atoms with Gasteiger partial charge in [-0.25, -0.2) is 0 Å². The first-order chi connectivity index (χ1) is 8.72. The Balaban J connectivity index is 1.88. The topological polar surface area (TPSA) is 44.8 Å². The molecule has 0 aromatic carbocycles. The fourth-order valence-corrected chi connectivity index (χ4v) is 2.66. The molecule has 2 atom stereocenters. The number of piperazine rings is 1. The van der Waals surface area contributed by atoms with Crippen molar-refractivity contribution in [3.05, 3.63) is 0 Å². The molecule has 5 heteroatoms. The van der Waals surface area contributed by atoms with Crippen molar-refractivity contribution < 1.29 is 9.53 Å². The van der Waals surface area contributed by atoms with Crippen LogP contribution in [0.2, 0.25) is 0 Å². The van der Waals surface area contributed by atoms with Gasteiger partial charge in [0, 0.05) is 39.3 Å². The van der Waals surface area contributed by atoms with E-state index in [1.807, 2.05) is 11.8 Å². The zero-order valence-corrected chi connectivity index (χ0v) is 11.5. The van der Waals surface area contributed by atoms with Crippen LogP contribution in [0.4, 0.5) is 0 Å². The molecule has 18 heavy (non-hydrogen) atoms. The van der Waals surface area contributed by atoms with Crippen LogP contribution in [-0.4, -0.2) is 73.7 Å². The summed E-state index contributed by atoms with van der Waals surface area (Å²) in [4.78, 5) is 16.7. The molecule has 0 spiro atoms. The van der Waals surface area contributed by atoms with Gasteiger partial charge < -0.3 is 15.0 Å². The fourth-order valence-electron chi connectivity index (χ4n) is 2.66. The SMILES string of the molecule is CCC1CN(C(=O)C(C)N2CCNCC2)CCO1. The summed E-state index contributed by atoms with van der Waals surface area (Å²) in [5, 5.41) is 3.32. The van der Waals surface area contributed by atoms with E-state index < -0.39 is 0 Å². The Morgan fingerprint density at radius 3 is 2.78 bits per heavy atom. The molecule has 1 N–H and O–H groups in total. The Morgan fingerprint density at radius 2 is 2.11 bits per heavy atom. The van der Waals surface area contributed by atoms with Crippen LogP contribution in [0.3, 0.4) is 0 Å². The van der Waals surface area contributed by atoms with E-state index in [4.69, 9.17) is 4.74 Å². The molecular formula is C13H25N3O2. The Morgan fingerprint density at radius 1 is 1.39 bits per heavy atom. The van der Waals surface area contributed by atoms with E-state index in [1.54, 1.807) is 0 Å². The van der Waals surface area contributed by atoms with Gasteiger partial charge in [0.05, 0.1) is 18.8 Å². The number of rotatable bonds is 3. The number of ether oxygens (including phenoxy) is 1. The van der Waals surface area contributed by atoms with Crippen LogP contribution < -0.4 is 5.32 Å². The van der Waals surface area contributed by atoms with E-state index in [2.05, 4.69) is 17.1 Å². The second kappa shape index (κ2) is 6.50. The standard InChI is InChI=1S/C13H25N3O2/c1-3-12-10-16(8-9-18-12)13(17)11(2)15-6-4-14-5-7-15/h11-12,14H,3-10H2,1-2H3. The third-order valence-electron chi connectivity index (χ3n) is 3.96. The summed E-state index contributed by atoms with van der Waals surface area (Å²) in [6.07, 6.45) is 1.20. The number of nitrogens with one attached hydrogen (secondary N) is 1. The van der Waals surface area contributed by atoms with Gasteiger partial charge in [0.2, 0.25) is 5.91 Å². The van der Waals surface area contributed by atoms with E-state index in [1.165, 1.54) is 0 Å². The number of carbonyl (C=O) groups is 1. The van der Waals surface area contributed by atoms with Gasteiger partial charge in [-0.05, 0) is 13.3 Å². The molecule has 0 aromatic rings. The van der Waals surface area contributed by atoms with Crippen LogP contribution in [0.25, 0.3) is 0 Å². The molecule has 2 unspecified atom stereocenters. The molecule has 2 aliphatic rings. The molecule has 0 aromatic heterocycles. The first-order valence-electron chi connectivity index (χ1n) is 7.07. The number of hydrogen-bond acceptors (Lipinski definition) is 4. The molecule has 0 bridgehead atoms. The Kier molecular flexibility index (Phi) is 4.97. The Bertz CT molecular complexity index is 275. The van der Waals surface area contributed by atoms with Crippen LogP contribution in [0, 0.1) is 0 Å². The van der Waals surface area contributed by atoms with Crippen molar-refractivity contribution in [2.45, 2.75) is 32.4 Å². The van der Waals surface area contributed by atoms with Gasteiger partial charge in [-0.15, -0.1) is 0 Å². The summed E-state index contributed by atoms with van der Waals surface area (Å²) < 4.78 is 5.62. The van der Waals surface area contributed by atoms with Gasteiger partial charge >= 0.3 is 0 Å². The van der Waals surface area contributed by atoms with Crippen molar-refractivity contribution in [1.29, 1.82) is 0 Å². The molecule has 0 aliphatic carbocycles. The van der Waals surface area contributed by atoms with Gasteiger partial charge in [0.15, 0.2) is 0 Å². The molecular weight excluding hydrogens is 230 g/mol. The quantitative estimate of drug-likeness (QED) is 0.766. The Labute approximate surface area is 109 Å². The smallest absolute Gasteiger partial charge is 0.239 e. The lowest BCUT2D eigenvalue weighted by molar-refractivity contribution is -0.144. The average molecular weight is 255 g/mol. The second-order valence-electron chi connectivity index (χ2n) is 5.15. The highest BCUT2D eigenvalue weighted by Gasteiger charge is 2.30. The molecule has 2 heterocycles. The van der Waals surface area contributed by atoms with Gasteiger partial charge in [0.1, 0.15) is 0 Å². The number of nitrogens with zero attached hydrogens (tertiary/aromatic N) is 2. The van der Waals surface area contributed by atoms with Crippen LogP contribution in [0.15, 0.2) is 0 Å². The molecule has 2 fully saturated rings. The zero-order chi connectivity index (χ0) is 13.0. The molecule has 1 amide bonds. The highest BCUT2D eigenvalue weighted by Crippen LogP contribution is 2.12. The summed E-state index contributed by atoms with van der Waals surface area (Å²) in [6, 6.07) is 0.00251. The summed E-state index contributed by atoms with van der Waals surface area (Å²) in [7, 11) is 0. The lowest BCUT2D eigenvalue weighted by Crippen LogP contribution is -2.56. The maximum atomic E-state index is 12.5. The van der Waals surface area contributed by atoms with E-state index in [-0.39, 0.29) is 18.1 Å². The van der Waals surface area contributed by atoms with Crippen molar-refractivity contribution >= 4 is 5.91 Å². The fraction of sp³-hybridized carbons (Fsp3) is 0.923. The van der Waals surface area contributed by atoms with E-state index in [0.29, 0.717) is 6.61 Å². The average Bonchev–Trinajstić information content (AvgIpc) is 2.46. The molecule has 2 saturated heterocycles. The van der Waals surface area contributed by atoms with Crippen LogP contribution in [0.5, 0.6) is 0 Å². The lowest BCUT2D eigenvalue weighted by atomic mass is 10.1. The lowest BCUT2D eigenvalue weighted by Gasteiger charge is -2.38. The summed E-state index contributed by atoms with van der Waals surface area (Å²) >= 11 is 0. The molecule has 5 nitrogen and oxygen atoms in total. The predicted octanol–water partition coefficient (Wildman–Crippen LogP) is -0.0825. The van der Waals surface area contributed by atoms with Crippen molar-refractivity contribution in [3.63, 3.8) is 0 Å². The zero-order valence-electron chi connectivity index (χ0n) is 11.5. The van der Waals surface area contributed by atoms with Crippen molar-refractivity contribution in [3.8, 4) is 0 Å². The number of morpholine rings is 1. The number of hydrogen-bond donors (Lipinski definition) is 1. The van der Waals surface area contributed by atoms with Crippen molar-refractivity contribution in [2.24, 2.45) is 0 Å². The highest BCUT2D eigenvalue weighted by atomic mass is 16.5. The largest absolute Gasteiger partial charge is 0.375 e. The minimum absolute atomic E-state index is 0.00251. The predicted molar refractivity (Wildman–Crippen MR) is 70.5 cm³/mol. The maximum absolute atomic E-state index is 12.5. The van der Waals surface area contributed by atoms with Crippen molar-refractivity contribution in [1.82, 2.24) is 15.1 Å². The molecule has 2 rings (SSSR count). The van der Waals surface area contributed by atoms with Crippen LogP contribution in [0.1, 0.15) is 20.3 Å². The third-order valence-corrected chi connectivity index (χ3v) is 3.96. The molecule has 104 valence electrons. The normalized spacial score (nSPS) is 28.1. The minimum Gasteiger partial charge on any atom is -0.375 e. The van der Waals surface area contributed by atoms with Crippen LogP contribution in [-0.2, 0) is 9.53 Å². The van der Waals surface area contributed by atoms with E-state index in [9.17, 15) is 4.79 Å². The first-order valence-corrected chi connectivity index (χ1v) is 7.07.